The summed E-state index contributed by atoms with van der Waals surface area (Å²) >= 11 is 3.28. The van der Waals surface area contributed by atoms with Gasteiger partial charge in [0.2, 0.25) is 5.91 Å². The summed E-state index contributed by atoms with van der Waals surface area (Å²) < 4.78 is 0.673. The zero-order chi connectivity index (χ0) is 15.4. The number of anilines is 2. The van der Waals surface area contributed by atoms with E-state index in [2.05, 4.69) is 21.2 Å². The molecule has 0 aliphatic heterocycles. The predicted molar refractivity (Wildman–Crippen MR) is 85.8 cm³/mol. The van der Waals surface area contributed by atoms with Crippen molar-refractivity contribution in [2.45, 2.75) is 6.42 Å². The molecule has 0 aromatic heterocycles. The highest BCUT2D eigenvalue weighted by atomic mass is 79.9. The monoisotopic (exact) mass is 347 g/mol. The molecule has 0 saturated carbocycles. The Bertz CT molecular complexity index is 684. The van der Waals surface area contributed by atoms with Gasteiger partial charge in [0.05, 0.1) is 6.42 Å². The maximum atomic E-state index is 12.1. The first-order valence-corrected chi connectivity index (χ1v) is 6.98. The highest BCUT2D eigenvalue weighted by Crippen LogP contribution is 2.21. The highest BCUT2D eigenvalue weighted by Gasteiger charge is 2.08. The van der Waals surface area contributed by atoms with Crippen LogP contribution in [-0.4, -0.2) is 11.8 Å². The fourth-order valence-corrected chi connectivity index (χ4v) is 2.16. The molecule has 21 heavy (non-hydrogen) atoms. The molecule has 0 heterocycles. The Morgan fingerprint density at radius 1 is 1.10 bits per heavy atom. The van der Waals surface area contributed by atoms with Crippen LogP contribution < -0.4 is 16.8 Å². The van der Waals surface area contributed by atoms with Crippen LogP contribution in [0, 0.1) is 0 Å². The van der Waals surface area contributed by atoms with Crippen LogP contribution in [0.5, 0.6) is 0 Å². The summed E-state index contributed by atoms with van der Waals surface area (Å²) in [5, 5.41) is 2.77. The number of primary amides is 1. The van der Waals surface area contributed by atoms with Gasteiger partial charge in [0.25, 0.3) is 5.91 Å². The Balaban J connectivity index is 2.08. The first-order valence-electron chi connectivity index (χ1n) is 6.19. The number of amides is 2. The molecule has 2 aromatic carbocycles. The Hall–Kier alpha value is -2.34. The Kier molecular flexibility index (Phi) is 4.59. The third-order valence-electron chi connectivity index (χ3n) is 2.85. The number of nitrogen functional groups attached to an aromatic ring is 1. The lowest BCUT2D eigenvalue weighted by Crippen LogP contribution is -2.14. The van der Waals surface area contributed by atoms with Crippen molar-refractivity contribution in [3.8, 4) is 0 Å². The largest absolute Gasteiger partial charge is 0.398 e. The lowest BCUT2D eigenvalue weighted by atomic mass is 10.1. The second kappa shape index (κ2) is 6.41. The maximum absolute atomic E-state index is 12.1. The van der Waals surface area contributed by atoms with Gasteiger partial charge < -0.3 is 16.8 Å². The molecule has 0 bridgehead atoms. The zero-order valence-electron chi connectivity index (χ0n) is 11.1. The Labute approximate surface area is 130 Å². The van der Waals surface area contributed by atoms with Gasteiger partial charge in [0.1, 0.15) is 0 Å². The van der Waals surface area contributed by atoms with Crippen molar-refractivity contribution in [3.05, 3.63) is 58.1 Å². The highest BCUT2D eigenvalue weighted by molar-refractivity contribution is 9.10. The second-order valence-electron chi connectivity index (χ2n) is 4.53. The van der Waals surface area contributed by atoms with Crippen molar-refractivity contribution < 1.29 is 9.59 Å². The molecular weight excluding hydrogens is 334 g/mol. The number of carbonyl (C=O) groups is 2. The standard InChI is InChI=1S/C15H14BrN3O2/c16-12-8-10(3-6-13(12)17)15(21)19-11-4-1-9(2-5-11)7-14(18)20/h1-6,8H,7,17H2,(H2,18,20)(H,19,21). The summed E-state index contributed by atoms with van der Waals surface area (Å²) in [6.45, 7) is 0. The molecule has 5 N–H and O–H groups in total. The van der Waals surface area contributed by atoms with Crippen molar-refractivity contribution in [2.75, 3.05) is 11.1 Å². The van der Waals surface area contributed by atoms with Crippen LogP contribution in [0.15, 0.2) is 46.9 Å². The summed E-state index contributed by atoms with van der Waals surface area (Å²) in [6, 6.07) is 11.9. The number of rotatable bonds is 4. The van der Waals surface area contributed by atoms with Gasteiger partial charge in [0.15, 0.2) is 0 Å². The summed E-state index contributed by atoms with van der Waals surface area (Å²) in [7, 11) is 0. The molecule has 0 aliphatic rings. The van der Waals surface area contributed by atoms with E-state index in [1.165, 1.54) is 0 Å². The van der Waals surface area contributed by atoms with Crippen molar-refractivity contribution in [2.24, 2.45) is 5.73 Å². The van der Waals surface area contributed by atoms with Crippen LogP contribution in [0.1, 0.15) is 15.9 Å². The normalized spacial score (nSPS) is 10.1. The van der Waals surface area contributed by atoms with E-state index >= 15 is 0 Å². The van der Waals surface area contributed by atoms with Gasteiger partial charge in [-0.25, -0.2) is 0 Å². The molecule has 0 unspecified atom stereocenters. The smallest absolute Gasteiger partial charge is 0.255 e. The van der Waals surface area contributed by atoms with E-state index in [9.17, 15) is 9.59 Å². The van der Waals surface area contributed by atoms with E-state index in [4.69, 9.17) is 11.5 Å². The van der Waals surface area contributed by atoms with Gasteiger partial charge in [-0.3, -0.25) is 9.59 Å². The van der Waals surface area contributed by atoms with Crippen LogP contribution in [0.4, 0.5) is 11.4 Å². The SMILES string of the molecule is NC(=O)Cc1ccc(NC(=O)c2ccc(N)c(Br)c2)cc1. The predicted octanol–water partition coefficient (Wildman–Crippen LogP) is 2.31. The van der Waals surface area contributed by atoms with Gasteiger partial charge in [-0.2, -0.15) is 0 Å². The molecule has 0 atom stereocenters. The summed E-state index contributed by atoms with van der Waals surface area (Å²) in [6.07, 6.45) is 0.180. The number of nitrogens with one attached hydrogen (secondary N) is 1. The van der Waals surface area contributed by atoms with E-state index in [0.717, 1.165) is 5.56 Å². The van der Waals surface area contributed by atoms with Gasteiger partial charge in [-0.05, 0) is 51.8 Å². The lowest BCUT2D eigenvalue weighted by Gasteiger charge is -2.07. The minimum absolute atomic E-state index is 0.180. The van der Waals surface area contributed by atoms with Crippen molar-refractivity contribution in [1.29, 1.82) is 0 Å². The molecule has 5 nitrogen and oxygen atoms in total. The molecular formula is C15H14BrN3O2. The average molecular weight is 348 g/mol. The second-order valence-corrected chi connectivity index (χ2v) is 5.38. The van der Waals surface area contributed by atoms with E-state index < -0.39 is 5.91 Å². The van der Waals surface area contributed by atoms with E-state index in [-0.39, 0.29) is 12.3 Å². The maximum Gasteiger partial charge on any atom is 0.255 e. The quantitative estimate of drug-likeness (QED) is 0.740. The van der Waals surface area contributed by atoms with Gasteiger partial charge in [0, 0.05) is 21.4 Å². The first kappa shape index (κ1) is 15.1. The zero-order valence-corrected chi connectivity index (χ0v) is 12.7. The molecule has 0 fully saturated rings. The van der Waals surface area contributed by atoms with E-state index in [0.29, 0.717) is 21.4 Å². The van der Waals surface area contributed by atoms with Crippen LogP contribution in [0.2, 0.25) is 0 Å². The molecule has 0 aliphatic carbocycles. The minimum atomic E-state index is -0.390. The molecule has 0 spiro atoms. The third kappa shape index (κ3) is 4.06. The minimum Gasteiger partial charge on any atom is -0.398 e. The summed E-state index contributed by atoms with van der Waals surface area (Å²) in [5.41, 5.74) is 13.3. The van der Waals surface area contributed by atoms with E-state index in [1.54, 1.807) is 42.5 Å². The third-order valence-corrected chi connectivity index (χ3v) is 3.54. The number of nitrogens with two attached hydrogens (primary N) is 2. The van der Waals surface area contributed by atoms with Crippen molar-refractivity contribution in [1.82, 2.24) is 0 Å². The van der Waals surface area contributed by atoms with Crippen molar-refractivity contribution in [3.63, 3.8) is 0 Å². The molecule has 0 radical (unpaired) electrons. The van der Waals surface area contributed by atoms with Gasteiger partial charge in [-0.15, -0.1) is 0 Å². The number of hydrogen-bond donors (Lipinski definition) is 3. The number of carbonyl (C=O) groups excluding carboxylic acids is 2. The molecule has 2 rings (SSSR count). The lowest BCUT2D eigenvalue weighted by molar-refractivity contribution is -0.117. The summed E-state index contributed by atoms with van der Waals surface area (Å²) in [5.74, 6) is -0.628. The first-order chi connectivity index (χ1) is 9.95. The Morgan fingerprint density at radius 2 is 1.76 bits per heavy atom. The number of hydrogen-bond acceptors (Lipinski definition) is 3. The van der Waals surface area contributed by atoms with Gasteiger partial charge in [-0.1, -0.05) is 12.1 Å². The fourth-order valence-electron chi connectivity index (χ4n) is 1.78. The molecule has 108 valence electrons. The topological polar surface area (TPSA) is 98.2 Å². The fraction of sp³-hybridized carbons (Fsp3) is 0.0667. The molecule has 0 saturated heterocycles. The van der Waals surface area contributed by atoms with Gasteiger partial charge >= 0.3 is 0 Å². The average Bonchev–Trinajstić information content (AvgIpc) is 2.43. The van der Waals surface area contributed by atoms with Crippen molar-refractivity contribution >= 4 is 39.1 Å². The van der Waals surface area contributed by atoms with Crippen LogP contribution >= 0.6 is 15.9 Å². The summed E-state index contributed by atoms with van der Waals surface area (Å²) in [4.78, 5) is 22.9. The number of benzene rings is 2. The van der Waals surface area contributed by atoms with Crippen LogP contribution in [0.25, 0.3) is 0 Å². The molecule has 6 heteroatoms. The molecule has 2 amide bonds. The van der Waals surface area contributed by atoms with Crippen LogP contribution in [-0.2, 0) is 11.2 Å². The Morgan fingerprint density at radius 3 is 2.33 bits per heavy atom. The number of halogens is 1. The van der Waals surface area contributed by atoms with Crippen LogP contribution in [0.3, 0.4) is 0 Å². The molecule has 2 aromatic rings. The van der Waals surface area contributed by atoms with E-state index in [1.807, 2.05) is 0 Å².